The minimum atomic E-state index is -2.40. The summed E-state index contributed by atoms with van der Waals surface area (Å²) in [5.74, 6) is 0. The van der Waals surface area contributed by atoms with E-state index in [0.29, 0.717) is 6.42 Å². The van der Waals surface area contributed by atoms with Crippen LogP contribution in [0.5, 0.6) is 0 Å². The Kier molecular flexibility index (Phi) is 14.8. The van der Waals surface area contributed by atoms with Crippen molar-refractivity contribution in [2.45, 2.75) is 96.8 Å². The molecule has 0 rings (SSSR count). The Morgan fingerprint density at radius 2 is 1.05 bits per heavy atom. The topological polar surface area (TPSA) is 54.4 Å². The second-order valence-corrected chi connectivity index (χ2v) is 6.56. The SMILES string of the molecule is CCCCCCCCCCCCCCCC(O)=S(=O)=O. The number of unbranched alkanes of at least 4 members (excludes halogenated alkanes) is 12. The number of hydrogen-bond acceptors (Lipinski definition) is 2. The third-order valence-electron chi connectivity index (χ3n) is 3.69. The van der Waals surface area contributed by atoms with Crippen molar-refractivity contribution in [2.24, 2.45) is 0 Å². The lowest BCUT2D eigenvalue weighted by Crippen LogP contribution is -1.96. The highest BCUT2D eigenvalue weighted by Gasteiger charge is 1.97. The van der Waals surface area contributed by atoms with E-state index in [1.807, 2.05) is 0 Å². The predicted octanol–water partition coefficient (Wildman–Crippen LogP) is 5.03. The number of aliphatic hydroxyl groups is 1. The van der Waals surface area contributed by atoms with Gasteiger partial charge in [0, 0.05) is 6.42 Å². The second kappa shape index (κ2) is 15.0. The van der Waals surface area contributed by atoms with Gasteiger partial charge in [-0.05, 0) is 6.42 Å². The summed E-state index contributed by atoms with van der Waals surface area (Å²) in [4.78, 5) is 0. The zero-order valence-corrected chi connectivity index (χ0v) is 13.9. The number of rotatable bonds is 14. The monoisotopic (exact) mass is 304 g/mol. The largest absolute Gasteiger partial charge is 0.351 e. The molecule has 20 heavy (non-hydrogen) atoms. The van der Waals surface area contributed by atoms with E-state index < -0.39 is 15.3 Å². The van der Waals surface area contributed by atoms with Crippen LogP contribution in [0.2, 0.25) is 0 Å². The summed E-state index contributed by atoms with van der Waals surface area (Å²) in [6.45, 7) is 2.25. The molecule has 0 aliphatic rings. The van der Waals surface area contributed by atoms with Crippen molar-refractivity contribution in [3.05, 3.63) is 0 Å². The maximum absolute atomic E-state index is 10.4. The van der Waals surface area contributed by atoms with Gasteiger partial charge in [0.25, 0.3) is 0 Å². The van der Waals surface area contributed by atoms with E-state index in [1.54, 1.807) is 0 Å². The van der Waals surface area contributed by atoms with Gasteiger partial charge in [-0.25, -0.2) is 0 Å². The van der Waals surface area contributed by atoms with Crippen LogP contribution in [0.3, 0.4) is 0 Å². The van der Waals surface area contributed by atoms with E-state index in [0.717, 1.165) is 19.3 Å². The van der Waals surface area contributed by atoms with Crippen molar-refractivity contribution in [3.63, 3.8) is 0 Å². The molecule has 0 spiro atoms. The Morgan fingerprint density at radius 1 is 0.700 bits per heavy atom. The molecule has 4 heteroatoms. The molecule has 0 unspecified atom stereocenters. The van der Waals surface area contributed by atoms with E-state index in [1.165, 1.54) is 64.2 Å². The molecule has 0 atom stereocenters. The zero-order valence-electron chi connectivity index (χ0n) is 13.1. The summed E-state index contributed by atoms with van der Waals surface area (Å²) in [7, 11) is -2.40. The van der Waals surface area contributed by atoms with Crippen LogP contribution in [0.1, 0.15) is 96.8 Å². The summed E-state index contributed by atoms with van der Waals surface area (Å²) >= 11 is 0. The Labute approximate surface area is 126 Å². The van der Waals surface area contributed by atoms with E-state index in [4.69, 9.17) is 5.11 Å². The predicted molar refractivity (Wildman–Crippen MR) is 86.9 cm³/mol. The fraction of sp³-hybridized carbons (Fsp3) is 0.938. The van der Waals surface area contributed by atoms with Crippen molar-refractivity contribution in [1.82, 2.24) is 0 Å². The van der Waals surface area contributed by atoms with Crippen molar-refractivity contribution in [3.8, 4) is 0 Å². The summed E-state index contributed by atoms with van der Waals surface area (Å²) in [5.41, 5.74) is 0. The van der Waals surface area contributed by atoms with Gasteiger partial charge < -0.3 is 5.11 Å². The molecule has 0 bridgehead atoms. The third kappa shape index (κ3) is 14.1. The van der Waals surface area contributed by atoms with Gasteiger partial charge in [-0.15, -0.1) is 0 Å². The molecule has 0 fully saturated rings. The van der Waals surface area contributed by atoms with Crippen LogP contribution < -0.4 is 0 Å². The molecule has 0 aromatic carbocycles. The lowest BCUT2D eigenvalue weighted by atomic mass is 10.0. The molecule has 0 radical (unpaired) electrons. The number of hydrogen-bond donors (Lipinski definition) is 1. The van der Waals surface area contributed by atoms with E-state index in [-0.39, 0.29) is 0 Å². The molecule has 3 nitrogen and oxygen atoms in total. The summed E-state index contributed by atoms with van der Waals surface area (Å²) < 4.78 is 20.7. The van der Waals surface area contributed by atoms with E-state index in [2.05, 4.69) is 6.92 Å². The van der Waals surface area contributed by atoms with Crippen LogP contribution in [0, 0.1) is 0 Å². The molecular formula is C16H32O3S. The normalized spacial score (nSPS) is 10.7. The van der Waals surface area contributed by atoms with Gasteiger partial charge in [0.05, 0.1) is 0 Å². The van der Waals surface area contributed by atoms with E-state index >= 15 is 0 Å². The first-order valence-corrected chi connectivity index (χ1v) is 9.40. The molecule has 120 valence electrons. The quantitative estimate of drug-likeness (QED) is 0.361. The standard InChI is InChI=1S/C16H32O3S/c1-2-3-4-5-6-7-8-9-10-11-12-13-14-15-16(17)20(18)19/h17H,2-15H2,1H3. The highest BCUT2D eigenvalue weighted by molar-refractivity contribution is 7.72. The zero-order chi connectivity index (χ0) is 15.1. The summed E-state index contributed by atoms with van der Waals surface area (Å²) in [6, 6.07) is 0. The van der Waals surface area contributed by atoms with Crippen LogP contribution in [0.15, 0.2) is 0 Å². The average Bonchev–Trinajstić information content (AvgIpc) is 2.43. The molecule has 0 amide bonds. The van der Waals surface area contributed by atoms with Gasteiger partial charge in [0.2, 0.25) is 10.3 Å². The maximum Gasteiger partial charge on any atom is 0.240 e. The van der Waals surface area contributed by atoms with Crippen molar-refractivity contribution >= 4 is 15.3 Å². The van der Waals surface area contributed by atoms with Gasteiger partial charge in [0.1, 0.15) is 0 Å². The molecule has 0 aromatic rings. The summed E-state index contributed by atoms with van der Waals surface area (Å²) in [6.07, 6.45) is 16.7. The Morgan fingerprint density at radius 3 is 1.40 bits per heavy atom. The van der Waals surface area contributed by atoms with Crippen molar-refractivity contribution in [1.29, 1.82) is 0 Å². The molecule has 0 aliphatic heterocycles. The molecular weight excluding hydrogens is 272 g/mol. The average molecular weight is 304 g/mol. The lowest BCUT2D eigenvalue weighted by Gasteiger charge is -2.02. The van der Waals surface area contributed by atoms with Crippen LogP contribution in [0.4, 0.5) is 0 Å². The van der Waals surface area contributed by atoms with Gasteiger partial charge in [-0.1, -0.05) is 84.0 Å². The van der Waals surface area contributed by atoms with Gasteiger partial charge >= 0.3 is 0 Å². The van der Waals surface area contributed by atoms with Crippen LogP contribution >= 0.6 is 0 Å². The molecule has 0 saturated carbocycles. The fourth-order valence-electron chi connectivity index (χ4n) is 2.38. The third-order valence-corrected chi connectivity index (χ3v) is 4.28. The van der Waals surface area contributed by atoms with Crippen molar-refractivity contribution < 1.29 is 13.5 Å². The minimum Gasteiger partial charge on any atom is -0.351 e. The Balaban J connectivity index is 3.12. The first-order chi connectivity index (χ1) is 9.68. The van der Waals surface area contributed by atoms with Gasteiger partial charge in [0.15, 0.2) is 5.05 Å². The number of aliphatic hydroxyl groups excluding tert-OH is 1. The maximum atomic E-state index is 10.4. The molecule has 0 heterocycles. The van der Waals surface area contributed by atoms with E-state index in [9.17, 15) is 8.42 Å². The molecule has 0 aliphatic carbocycles. The Bertz CT molecular complexity index is 326. The van der Waals surface area contributed by atoms with Crippen LogP contribution in [0.25, 0.3) is 0 Å². The molecule has 0 saturated heterocycles. The molecule has 1 N–H and O–H groups in total. The second-order valence-electron chi connectivity index (χ2n) is 5.62. The van der Waals surface area contributed by atoms with Crippen molar-refractivity contribution in [2.75, 3.05) is 0 Å². The highest BCUT2D eigenvalue weighted by atomic mass is 32.2. The Hall–Kier alpha value is -0.350. The highest BCUT2D eigenvalue weighted by Crippen LogP contribution is 2.12. The summed E-state index contributed by atoms with van der Waals surface area (Å²) in [5, 5.41) is 8.61. The van der Waals surface area contributed by atoms with Crippen LogP contribution in [-0.2, 0) is 10.3 Å². The fourth-order valence-corrected chi connectivity index (χ4v) is 2.69. The van der Waals surface area contributed by atoms with Gasteiger partial charge in [-0.3, -0.25) is 0 Å². The molecule has 0 aromatic heterocycles. The lowest BCUT2D eigenvalue weighted by molar-refractivity contribution is 0.519. The van der Waals surface area contributed by atoms with Gasteiger partial charge in [-0.2, -0.15) is 8.42 Å². The minimum absolute atomic E-state index is 0.299. The van der Waals surface area contributed by atoms with Crippen LogP contribution in [-0.4, -0.2) is 18.6 Å². The smallest absolute Gasteiger partial charge is 0.240 e. The first-order valence-electron chi connectivity index (χ1n) is 8.32. The first kappa shape index (κ1) is 19.7.